The molecule has 6 nitrogen and oxygen atoms in total. The largest absolute Gasteiger partial charge is 0.335 e. The Morgan fingerprint density at radius 2 is 1.95 bits per heavy atom. The van der Waals surface area contributed by atoms with Gasteiger partial charge in [0, 0.05) is 11.7 Å². The SMILES string of the molecule is C[C@@H](NC(=O)NC1CCCC1)c1cccc(NS(C)(=O)=O)c1. The molecule has 0 heterocycles. The molecule has 1 aliphatic rings. The van der Waals surface area contributed by atoms with Gasteiger partial charge < -0.3 is 10.6 Å². The molecular weight excluding hydrogens is 302 g/mol. The quantitative estimate of drug-likeness (QED) is 0.776. The normalized spacial score (nSPS) is 17.0. The summed E-state index contributed by atoms with van der Waals surface area (Å²) in [6, 6.07) is 6.90. The van der Waals surface area contributed by atoms with E-state index in [0.717, 1.165) is 24.7 Å². The number of carbonyl (C=O) groups excluding carboxylic acids is 1. The zero-order valence-electron chi connectivity index (χ0n) is 12.9. The van der Waals surface area contributed by atoms with E-state index >= 15 is 0 Å². The maximum atomic E-state index is 12.0. The van der Waals surface area contributed by atoms with Gasteiger partial charge in [0.15, 0.2) is 0 Å². The van der Waals surface area contributed by atoms with E-state index in [0.29, 0.717) is 5.69 Å². The minimum atomic E-state index is -3.31. The maximum absolute atomic E-state index is 12.0. The van der Waals surface area contributed by atoms with Gasteiger partial charge in [-0.05, 0) is 37.5 Å². The highest BCUT2D eigenvalue weighted by atomic mass is 32.2. The minimum absolute atomic E-state index is 0.180. The van der Waals surface area contributed by atoms with E-state index in [4.69, 9.17) is 0 Å². The smallest absolute Gasteiger partial charge is 0.315 e. The Hall–Kier alpha value is -1.76. The Kier molecular flexibility index (Phi) is 5.28. The van der Waals surface area contributed by atoms with E-state index in [1.54, 1.807) is 18.2 Å². The standard InChI is InChI=1S/C15H23N3O3S/c1-11(16-15(19)17-13-7-3-4-8-13)12-6-5-9-14(10-12)18-22(2,20)21/h5-6,9-11,13,18H,3-4,7-8H2,1-2H3,(H2,16,17,19)/t11-/m1/s1. The van der Waals surface area contributed by atoms with Gasteiger partial charge in [0.2, 0.25) is 10.0 Å². The van der Waals surface area contributed by atoms with Crippen LogP contribution in [-0.4, -0.2) is 26.7 Å². The van der Waals surface area contributed by atoms with Crippen LogP contribution in [0.4, 0.5) is 10.5 Å². The average Bonchev–Trinajstić information content (AvgIpc) is 2.89. The number of rotatable bonds is 5. The second-order valence-corrected chi connectivity index (χ2v) is 7.57. The molecule has 0 radical (unpaired) electrons. The van der Waals surface area contributed by atoms with Crippen molar-refractivity contribution >= 4 is 21.7 Å². The fourth-order valence-electron chi connectivity index (χ4n) is 2.66. The van der Waals surface area contributed by atoms with Gasteiger partial charge in [-0.2, -0.15) is 0 Å². The highest BCUT2D eigenvalue weighted by Crippen LogP contribution is 2.19. The molecule has 1 aromatic carbocycles. The van der Waals surface area contributed by atoms with Gasteiger partial charge in [-0.3, -0.25) is 4.72 Å². The van der Waals surface area contributed by atoms with E-state index in [1.165, 1.54) is 12.8 Å². The van der Waals surface area contributed by atoms with Crippen molar-refractivity contribution in [3.8, 4) is 0 Å². The van der Waals surface area contributed by atoms with Gasteiger partial charge in [0.25, 0.3) is 0 Å². The van der Waals surface area contributed by atoms with Crippen LogP contribution in [0.3, 0.4) is 0 Å². The van der Waals surface area contributed by atoms with Crippen LogP contribution < -0.4 is 15.4 Å². The molecule has 1 atom stereocenters. The summed E-state index contributed by atoms with van der Waals surface area (Å²) in [4.78, 5) is 12.0. The Balaban J connectivity index is 1.95. The van der Waals surface area contributed by atoms with Gasteiger partial charge in [-0.25, -0.2) is 13.2 Å². The predicted molar refractivity (Wildman–Crippen MR) is 87.2 cm³/mol. The summed E-state index contributed by atoms with van der Waals surface area (Å²) in [5.74, 6) is 0. The van der Waals surface area contributed by atoms with E-state index < -0.39 is 10.0 Å². The molecule has 3 N–H and O–H groups in total. The van der Waals surface area contributed by atoms with Crippen LogP contribution in [0, 0.1) is 0 Å². The Labute approximate surface area is 131 Å². The van der Waals surface area contributed by atoms with Crippen LogP contribution in [0.1, 0.15) is 44.2 Å². The van der Waals surface area contributed by atoms with Crippen molar-refractivity contribution in [2.45, 2.75) is 44.7 Å². The third-order valence-electron chi connectivity index (χ3n) is 3.73. The number of benzene rings is 1. The molecule has 0 spiro atoms. The lowest BCUT2D eigenvalue weighted by molar-refractivity contribution is 0.234. The summed E-state index contributed by atoms with van der Waals surface area (Å²) in [5, 5.41) is 5.86. The van der Waals surface area contributed by atoms with Crippen LogP contribution in [0.25, 0.3) is 0 Å². The summed E-state index contributed by atoms with van der Waals surface area (Å²) in [5.41, 5.74) is 1.33. The number of anilines is 1. The summed E-state index contributed by atoms with van der Waals surface area (Å²) in [7, 11) is -3.31. The highest BCUT2D eigenvalue weighted by molar-refractivity contribution is 7.92. The molecule has 1 saturated carbocycles. The fraction of sp³-hybridized carbons (Fsp3) is 0.533. The molecule has 7 heteroatoms. The maximum Gasteiger partial charge on any atom is 0.315 e. The molecule has 0 aromatic heterocycles. The number of carbonyl (C=O) groups is 1. The number of sulfonamides is 1. The first-order chi connectivity index (χ1) is 10.3. The molecule has 0 bridgehead atoms. The predicted octanol–water partition coefficient (Wildman–Crippen LogP) is 2.36. The van der Waals surface area contributed by atoms with E-state index in [1.807, 2.05) is 13.0 Å². The molecule has 1 fully saturated rings. The van der Waals surface area contributed by atoms with Crippen LogP contribution in [0.5, 0.6) is 0 Å². The molecule has 2 amide bonds. The lowest BCUT2D eigenvalue weighted by atomic mass is 10.1. The number of hydrogen-bond acceptors (Lipinski definition) is 3. The molecule has 2 rings (SSSR count). The Morgan fingerprint density at radius 3 is 2.59 bits per heavy atom. The van der Waals surface area contributed by atoms with Gasteiger partial charge in [-0.15, -0.1) is 0 Å². The van der Waals surface area contributed by atoms with Crippen molar-refractivity contribution in [3.05, 3.63) is 29.8 Å². The van der Waals surface area contributed by atoms with Gasteiger partial charge in [-0.1, -0.05) is 25.0 Å². The topological polar surface area (TPSA) is 87.3 Å². The van der Waals surface area contributed by atoms with Crippen molar-refractivity contribution in [1.82, 2.24) is 10.6 Å². The first kappa shape index (κ1) is 16.6. The lowest BCUT2D eigenvalue weighted by Gasteiger charge is -2.18. The van der Waals surface area contributed by atoms with Crippen molar-refractivity contribution in [2.75, 3.05) is 11.0 Å². The molecule has 122 valence electrons. The zero-order valence-corrected chi connectivity index (χ0v) is 13.7. The van der Waals surface area contributed by atoms with Crippen LogP contribution in [0.2, 0.25) is 0 Å². The molecule has 0 saturated heterocycles. The summed E-state index contributed by atoms with van der Waals surface area (Å²) in [6.45, 7) is 1.87. The monoisotopic (exact) mass is 325 g/mol. The number of urea groups is 1. The number of nitrogens with one attached hydrogen (secondary N) is 3. The summed E-state index contributed by atoms with van der Waals surface area (Å²) in [6.07, 6.45) is 5.51. The molecule has 0 unspecified atom stereocenters. The number of hydrogen-bond donors (Lipinski definition) is 3. The Morgan fingerprint density at radius 1 is 1.27 bits per heavy atom. The molecule has 1 aromatic rings. The second kappa shape index (κ2) is 7.00. The molecule has 0 aliphatic heterocycles. The van der Waals surface area contributed by atoms with Crippen molar-refractivity contribution in [1.29, 1.82) is 0 Å². The van der Waals surface area contributed by atoms with Crippen molar-refractivity contribution < 1.29 is 13.2 Å². The van der Waals surface area contributed by atoms with E-state index in [2.05, 4.69) is 15.4 Å². The fourth-order valence-corrected chi connectivity index (χ4v) is 3.22. The first-order valence-corrected chi connectivity index (χ1v) is 9.37. The third kappa shape index (κ3) is 5.22. The second-order valence-electron chi connectivity index (χ2n) is 5.82. The molecular formula is C15H23N3O3S. The van der Waals surface area contributed by atoms with Gasteiger partial charge in [0.1, 0.15) is 0 Å². The van der Waals surface area contributed by atoms with E-state index in [-0.39, 0.29) is 18.1 Å². The minimum Gasteiger partial charge on any atom is -0.335 e. The van der Waals surface area contributed by atoms with E-state index in [9.17, 15) is 13.2 Å². The van der Waals surface area contributed by atoms with Gasteiger partial charge in [0.05, 0.1) is 12.3 Å². The van der Waals surface area contributed by atoms with Crippen LogP contribution in [-0.2, 0) is 10.0 Å². The zero-order chi connectivity index (χ0) is 16.2. The summed E-state index contributed by atoms with van der Waals surface area (Å²) >= 11 is 0. The van der Waals surface area contributed by atoms with Crippen molar-refractivity contribution in [2.24, 2.45) is 0 Å². The van der Waals surface area contributed by atoms with Gasteiger partial charge >= 0.3 is 6.03 Å². The third-order valence-corrected chi connectivity index (χ3v) is 4.33. The van der Waals surface area contributed by atoms with Crippen LogP contribution >= 0.6 is 0 Å². The lowest BCUT2D eigenvalue weighted by Crippen LogP contribution is -2.41. The first-order valence-electron chi connectivity index (χ1n) is 7.48. The molecule has 1 aliphatic carbocycles. The van der Waals surface area contributed by atoms with Crippen LogP contribution in [0.15, 0.2) is 24.3 Å². The Bertz CT molecular complexity index is 625. The number of amides is 2. The average molecular weight is 325 g/mol. The van der Waals surface area contributed by atoms with Crippen molar-refractivity contribution in [3.63, 3.8) is 0 Å². The highest BCUT2D eigenvalue weighted by Gasteiger charge is 2.18. The summed E-state index contributed by atoms with van der Waals surface area (Å²) < 4.78 is 25.0. The molecule has 22 heavy (non-hydrogen) atoms.